The smallest absolute Gasteiger partial charge is 0.264 e. The Morgan fingerprint density at radius 3 is 2.27 bits per heavy atom. The molecule has 3 aromatic carbocycles. The van der Waals surface area contributed by atoms with Crippen molar-refractivity contribution >= 4 is 37.8 Å². The fourth-order valence-corrected chi connectivity index (χ4v) is 6.20. The van der Waals surface area contributed by atoms with E-state index in [9.17, 15) is 13.2 Å². The first kappa shape index (κ1) is 21.6. The summed E-state index contributed by atoms with van der Waals surface area (Å²) >= 11 is 3.37. The van der Waals surface area contributed by atoms with Crippen LogP contribution in [-0.4, -0.2) is 18.5 Å². The number of rotatable bonds is 5. The molecule has 6 heteroatoms. The van der Waals surface area contributed by atoms with Gasteiger partial charge in [0.25, 0.3) is 10.0 Å². The van der Waals surface area contributed by atoms with Crippen molar-refractivity contribution < 1.29 is 13.2 Å². The molecule has 0 bridgehead atoms. The van der Waals surface area contributed by atoms with Gasteiger partial charge in [0.2, 0.25) is 0 Å². The molecule has 1 spiro atoms. The van der Waals surface area contributed by atoms with Crippen molar-refractivity contribution in [2.75, 3.05) is 0 Å². The van der Waals surface area contributed by atoms with Crippen LogP contribution in [0.4, 0.5) is 0 Å². The first-order valence-electron chi connectivity index (χ1n) is 10.5. The Kier molecular flexibility index (Phi) is 5.43. The molecule has 3 aromatic rings. The van der Waals surface area contributed by atoms with Crippen LogP contribution < -0.4 is 0 Å². The highest BCUT2D eigenvalue weighted by molar-refractivity contribution is 9.10. The van der Waals surface area contributed by atoms with Gasteiger partial charge in [0, 0.05) is 4.47 Å². The molecule has 0 aromatic heterocycles. The molecule has 0 aliphatic heterocycles. The van der Waals surface area contributed by atoms with Gasteiger partial charge in [-0.25, -0.2) is 8.42 Å². The van der Waals surface area contributed by atoms with Crippen molar-refractivity contribution in [2.45, 2.75) is 16.9 Å². The third-order valence-electron chi connectivity index (χ3n) is 6.01. The molecule has 0 saturated carbocycles. The van der Waals surface area contributed by atoms with Gasteiger partial charge in [0.05, 0.1) is 17.1 Å². The second-order valence-corrected chi connectivity index (χ2v) is 10.7. The van der Waals surface area contributed by atoms with Crippen LogP contribution in [-0.2, 0) is 26.8 Å². The molecule has 1 atom stereocenters. The van der Waals surface area contributed by atoms with Crippen molar-refractivity contribution in [2.24, 2.45) is 0 Å². The van der Waals surface area contributed by atoms with Crippen molar-refractivity contribution in [3.8, 4) is 0 Å². The van der Waals surface area contributed by atoms with Crippen molar-refractivity contribution in [3.63, 3.8) is 0 Å². The lowest BCUT2D eigenvalue weighted by Crippen LogP contribution is -2.43. The number of benzene rings is 3. The SMILES string of the molecule is O=C1C=CC=C[C@@]12C(N(Cc1ccccc1)S(=O)(=O)c1ccc(Br)cc1)=Cc1ccccc12. The summed E-state index contributed by atoms with van der Waals surface area (Å²) in [6.45, 7) is 0.103. The third kappa shape index (κ3) is 3.59. The van der Waals surface area contributed by atoms with E-state index in [1.807, 2.05) is 72.8 Å². The van der Waals surface area contributed by atoms with E-state index in [0.29, 0.717) is 5.70 Å². The Morgan fingerprint density at radius 2 is 1.55 bits per heavy atom. The molecule has 0 fully saturated rings. The molecular formula is C27H20BrNO3S. The van der Waals surface area contributed by atoms with Gasteiger partial charge >= 0.3 is 0 Å². The Hall–Kier alpha value is -3.22. The topological polar surface area (TPSA) is 54.5 Å². The largest absolute Gasteiger partial charge is 0.293 e. The van der Waals surface area contributed by atoms with Crippen molar-refractivity contribution in [3.05, 3.63) is 130 Å². The second kappa shape index (κ2) is 8.28. The van der Waals surface area contributed by atoms with E-state index in [-0.39, 0.29) is 17.2 Å². The number of ketones is 1. The van der Waals surface area contributed by atoms with E-state index in [4.69, 9.17) is 0 Å². The molecule has 0 N–H and O–H groups in total. The lowest BCUT2D eigenvalue weighted by molar-refractivity contribution is -0.117. The van der Waals surface area contributed by atoms with E-state index in [1.54, 1.807) is 30.3 Å². The van der Waals surface area contributed by atoms with Gasteiger partial charge in [-0.05, 0) is 53.1 Å². The van der Waals surface area contributed by atoms with Crippen molar-refractivity contribution in [1.82, 2.24) is 4.31 Å². The molecule has 0 radical (unpaired) electrons. The number of sulfonamides is 1. The first-order chi connectivity index (χ1) is 15.9. The number of carbonyl (C=O) groups is 1. The van der Waals surface area contributed by atoms with Gasteiger partial charge in [0.1, 0.15) is 5.41 Å². The molecule has 0 saturated heterocycles. The second-order valence-electron chi connectivity index (χ2n) is 7.96. The highest BCUT2D eigenvalue weighted by atomic mass is 79.9. The minimum atomic E-state index is -3.98. The van der Waals surface area contributed by atoms with Crippen LogP contribution in [0.15, 0.2) is 118 Å². The van der Waals surface area contributed by atoms with Gasteiger partial charge in [-0.15, -0.1) is 0 Å². The van der Waals surface area contributed by atoms with Crippen LogP contribution in [0.5, 0.6) is 0 Å². The molecule has 5 rings (SSSR count). The van der Waals surface area contributed by atoms with Gasteiger partial charge in [-0.2, -0.15) is 0 Å². The van der Waals surface area contributed by atoms with E-state index in [1.165, 1.54) is 10.4 Å². The van der Waals surface area contributed by atoms with Crippen LogP contribution in [0.2, 0.25) is 0 Å². The number of halogens is 1. The number of hydrogen-bond acceptors (Lipinski definition) is 3. The normalized spacial score (nSPS) is 18.9. The number of carbonyl (C=O) groups excluding carboxylic acids is 1. The van der Waals surface area contributed by atoms with Gasteiger partial charge in [-0.3, -0.25) is 9.10 Å². The maximum Gasteiger partial charge on any atom is 0.264 e. The molecular weight excluding hydrogens is 498 g/mol. The van der Waals surface area contributed by atoms with Crippen LogP contribution in [0, 0.1) is 0 Å². The number of nitrogens with zero attached hydrogens (tertiary/aromatic N) is 1. The molecule has 2 aliphatic rings. The monoisotopic (exact) mass is 517 g/mol. The Labute approximate surface area is 201 Å². The van der Waals surface area contributed by atoms with E-state index in [2.05, 4.69) is 15.9 Å². The zero-order chi connectivity index (χ0) is 23.1. The van der Waals surface area contributed by atoms with E-state index in [0.717, 1.165) is 21.2 Å². The molecule has 2 aliphatic carbocycles. The highest BCUT2D eigenvalue weighted by Gasteiger charge is 2.50. The summed E-state index contributed by atoms with van der Waals surface area (Å²) in [6, 6.07) is 23.6. The van der Waals surface area contributed by atoms with Gasteiger partial charge < -0.3 is 0 Å². The number of hydrogen-bond donors (Lipinski definition) is 0. The molecule has 0 heterocycles. The summed E-state index contributed by atoms with van der Waals surface area (Å²) in [5.41, 5.74) is 1.69. The fourth-order valence-electron chi connectivity index (χ4n) is 4.42. The molecule has 33 heavy (non-hydrogen) atoms. The minimum absolute atomic E-state index is 0.103. The number of allylic oxidation sites excluding steroid dienone is 4. The molecule has 0 unspecified atom stereocenters. The minimum Gasteiger partial charge on any atom is -0.293 e. The Balaban J connectivity index is 1.73. The average Bonchev–Trinajstić information content (AvgIpc) is 3.15. The maximum absolute atomic E-state index is 14.0. The Morgan fingerprint density at radius 1 is 0.848 bits per heavy atom. The van der Waals surface area contributed by atoms with Crippen LogP contribution >= 0.6 is 15.9 Å². The molecule has 0 amide bonds. The van der Waals surface area contributed by atoms with Crippen LogP contribution in [0.1, 0.15) is 16.7 Å². The van der Waals surface area contributed by atoms with Crippen LogP contribution in [0.25, 0.3) is 6.08 Å². The average molecular weight is 518 g/mol. The first-order valence-corrected chi connectivity index (χ1v) is 12.7. The summed E-state index contributed by atoms with van der Waals surface area (Å²) in [7, 11) is -3.98. The number of fused-ring (bicyclic) bond motifs is 2. The quantitative estimate of drug-likeness (QED) is 0.440. The summed E-state index contributed by atoms with van der Waals surface area (Å²) in [5.74, 6) is -0.162. The van der Waals surface area contributed by atoms with Gasteiger partial charge in [0.15, 0.2) is 5.78 Å². The lowest BCUT2D eigenvalue weighted by Gasteiger charge is -2.36. The third-order valence-corrected chi connectivity index (χ3v) is 8.32. The summed E-state index contributed by atoms with van der Waals surface area (Å²) in [6.07, 6.45) is 8.66. The standard InChI is InChI=1S/C27H20BrNO3S/c28-22-13-15-23(16-14-22)33(31,32)29(19-20-8-2-1-3-9-20)25-18-21-10-4-5-11-24(21)27(25)17-7-6-12-26(27)30/h1-18H,19H2/t27-/m1/s1. The summed E-state index contributed by atoms with van der Waals surface area (Å²) in [4.78, 5) is 13.6. The highest BCUT2D eigenvalue weighted by Crippen LogP contribution is 2.48. The maximum atomic E-state index is 14.0. The molecule has 164 valence electrons. The lowest BCUT2D eigenvalue weighted by atomic mass is 9.74. The van der Waals surface area contributed by atoms with Crippen molar-refractivity contribution in [1.29, 1.82) is 0 Å². The summed E-state index contributed by atoms with van der Waals surface area (Å²) in [5, 5.41) is 0. The zero-order valence-corrected chi connectivity index (χ0v) is 20.0. The van der Waals surface area contributed by atoms with Gasteiger partial charge in [-0.1, -0.05) is 88.8 Å². The predicted molar refractivity (Wildman–Crippen MR) is 133 cm³/mol. The fraction of sp³-hybridized carbons (Fsp3) is 0.0741. The predicted octanol–water partition coefficient (Wildman–Crippen LogP) is 5.63. The zero-order valence-electron chi connectivity index (χ0n) is 17.6. The van der Waals surface area contributed by atoms with E-state index < -0.39 is 15.4 Å². The molecule has 4 nitrogen and oxygen atoms in total. The summed E-state index contributed by atoms with van der Waals surface area (Å²) < 4.78 is 30.2. The van der Waals surface area contributed by atoms with Crippen LogP contribution in [0.3, 0.4) is 0 Å². The van der Waals surface area contributed by atoms with E-state index >= 15 is 0 Å². The Bertz CT molecular complexity index is 1420.